The third-order valence-corrected chi connectivity index (χ3v) is 3.60. The number of aliphatic imine (C=N–C) groups is 1. The lowest BCUT2D eigenvalue weighted by Gasteiger charge is -2.15. The highest BCUT2D eigenvalue weighted by Crippen LogP contribution is 2.32. The van der Waals surface area contributed by atoms with Gasteiger partial charge in [0.15, 0.2) is 0 Å². The third-order valence-electron chi connectivity index (χ3n) is 3.60. The minimum absolute atomic E-state index is 0.831. The van der Waals surface area contributed by atoms with E-state index in [-0.39, 0.29) is 0 Å². The summed E-state index contributed by atoms with van der Waals surface area (Å²) in [6.07, 6.45) is 0. The van der Waals surface area contributed by atoms with Crippen molar-refractivity contribution in [1.82, 2.24) is 0 Å². The van der Waals surface area contributed by atoms with Gasteiger partial charge in [0.25, 0.3) is 0 Å². The highest BCUT2D eigenvalue weighted by atomic mass is 15.0. The van der Waals surface area contributed by atoms with Gasteiger partial charge >= 0.3 is 0 Å². The van der Waals surface area contributed by atoms with Crippen LogP contribution >= 0.6 is 0 Å². The first-order valence-electron chi connectivity index (χ1n) is 7.52. The van der Waals surface area contributed by atoms with Crippen LogP contribution in [0.5, 0.6) is 0 Å². The topological polar surface area (TPSA) is 36.4 Å². The zero-order valence-corrected chi connectivity index (χ0v) is 13.1. The summed E-state index contributed by atoms with van der Waals surface area (Å²) in [5.41, 5.74) is 6.06. The number of aryl methyl sites for hydroxylation is 1. The summed E-state index contributed by atoms with van der Waals surface area (Å²) < 4.78 is 0. The van der Waals surface area contributed by atoms with E-state index in [1.165, 1.54) is 5.56 Å². The van der Waals surface area contributed by atoms with E-state index < -0.39 is 0 Å². The molecular weight excluding hydrogens is 282 g/mol. The molecule has 3 heteroatoms. The lowest BCUT2D eigenvalue weighted by molar-refractivity contribution is 1.44. The van der Waals surface area contributed by atoms with Gasteiger partial charge in [0.1, 0.15) is 0 Å². The molecule has 0 aliphatic carbocycles. The zero-order valence-electron chi connectivity index (χ0n) is 13.1. The molecule has 0 atom stereocenters. The van der Waals surface area contributed by atoms with E-state index in [2.05, 4.69) is 53.5 Å². The Bertz CT molecular complexity index is 807. The van der Waals surface area contributed by atoms with Gasteiger partial charge in [0, 0.05) is 5.69 Å². The fourth-order valence-corrected chi connectivity index (χ4v) is 2.36. The maximum Gasteiger partial charge on any atom is 0.0857 e. The Balaban J connectivity index is 1.88. The quantitative estimate of drug-likeness (QED) is 0.583. The lowest BCUT2D eigenvalue weighted by Crippen LogP contribution is -1.97. The largest absolute Gasteiger partial charge is 0.354 e. The Labute approximate surface area is 136 Å². The third kappa shape index (κ3) is 3.58. The van der Waals surface area contributed by atoms with Gasteiger partial charge in [0.05, 0.1) is 22.7 Å². The minimum Gasteiger partial charge on any atom is -0.354 e. The van der Waals surface area contributed by atoms with Gasteiger partial charge in [-0.05, 0) is 50.0 Å². The molecule has 3 aromatic rings. The molecule has 0 unspecified atom stereocenters. The summed E-state index contributed by atoms with van der Waals surface area (Å²) >= 11 is 0. The molecule has 3 rings (SSSR count). The van der Waals surface area contributed by atoms with E-state index in [0.29, 0.717) is 0 Å². The molecule has 0 bridgehead atoms. The molecule has 0 saturated carbocycles. The number of benzene rings is 3. The first-order chi connectivity index (χ1) is 11.3. The van der Waals surface area contributed by atoms with Crippen LogP contribution in [0.4, 0.5) is 28.4 Å². The van der Waals surface area contributed by atoms with Gasteiger partial charge in [-0.25, -0.2) is 0 Å². The molecule has 23 heavy (non-hydrogen) atoms. The van der Waals surface area contributed by atoms with Crippen molar-refractivity contribution in [3.8, 4) is 0 Å². The average Bonchev–Trinajstić information content (AvgIpc) is 2.59. The van der Waals surface area contributed by atoms with Crippen molar-refractivity contribution in [2.75, 3.05) is 10.6 Å². The van der Waals surface area contributed by atoms with Crippen LogP contribution in [0.15, 0.2) is 77.8 Å². The summed E-state index contributed by atoms with van der Waals surface area (Å²) in [6, 6.07) is 24.3. The van der Waals surface area contributed by atoms with Crippen LogP contribution in [-0.4, -0.2) is 6.72 Å². The standard InChI is InChI=1S/C20H19N3/c1-15-11-13-16(14-12-15)22-19-9-5-6-10-20(19)23-18-8-4-3-7-17(18)21-2/h3-14,22-23H,2H2,1H3. The predicted molar refractivity (Wildman–Crippen MR) is 99.8 cm³/mol. The number of para-hydroxylation sites is 4. The highest BCUT2D eigenvalue weighted by Gasteiger charge is 2.05. The fourth-order valence-electron chi connectivity index (χ4n) is 2.36. The average molecular weight is 301 g/mol. The second-order valence-corrected chi connectivity index (χ2v) is 5.34. The smallest absolute Gasteiger partial charge is 0.0857 e. The summed E-state index contributed by atoms with van der Waals surface area (Å²) in [5.74, 6) is 0. The molecular formula is C20H19N3. The fraction of sp³-hybridized carbons (Fsp3) is 0.0500. The Kier molecular flexibility index (Phi) is 4.39. The number of rotatable bonds is 5. The number of nitrogens with one attached hydrogen (secondary N) is 2. The number of hydrogen-bond donors (Lipinski definition) is 2. The predicted octanol–water partition coefficient (Wildman–Crippen LogP) is 5.81. The molecule has 0 aliphatic rings. The minimum atomic E-state index is 0.831. The van der Waals surface area contributed by atoms with E-state index in [9.17, 15) is 0 Å². The Morgan fingerprint density at radius 1 is 0.696 bits per heavy atom. The maximum atomic E-state index is 4.06. The molecule has 0 saturated heterocycles. The van der Waals surface area contributed by atoms with Crippen LogP contribution in [0.3, 0.4) is 0 Å². The molecule has 0 amide bonds. The molecule has 0 radical (unpaired) electrons. The second-order valence-electron chi connectivity index (χ2n) is 5.34. The van der Waals surface area contributed by atoms with E-state index in [0.717, 1.165) is 28.4 Å². The molecule has 0 aliphatic heterocycles. The highest BCUT2D eigenvalue weighted by molar-refractivity contribution is 5.82. The molecule has 114 valence electrons. The van der Waals surface area contributed by atoms with Gasteiger partial charge in [0.2, 0.25) is 0 Å². The molecule has 3 nitrogen and oxygen atoms in total. The summed E-state index contributed by atoms with van der Waals surface area (Å²) in [7, 11) is 0. The first-order valence-corrected chi connectivity index (χ1v) is 7.52. The van der Waals surface area contributed by atoms with Gasteiger partial charge in [-0.3, -0.25) is 4.99 Å². The van der Waals surface area contributed by atoms with Crippen LogP contribution in [-0.2, 0) is 0 Å². The Hall–Kier alpha value is -3.07. The van der Waals surface area contributed by atoms with Crippen molar-refractivity contribution in [3.63, 3.8) is 0 Å². The Morgan fingerprint density at radius 3 is 1.91 bits per heavy atom. The SMILES string of the molecule is C=Nc1ccccc1Nc1ccccc1Nc1ccc(C)cc1. The van der Waals surface area contributed by atoms with E-state index >= 15 is 0 Å². The van der Waals surface area contributed by atoms with Crippen LogP contribution in [0.1, 0.15) is 5.56 Å². The molecule has 0 heterocycles. The number of hydrogen-bond acceptors (Lipinski definition) is 3. The van der Waals surface area contributed by atoms with Crippen molar-refractivity contribution in [2.24, 2.45) is 4.99 Å². The van der Waals surface area contributed by atoms with E-state index in [4.69, 9.17) is 0 Å². The monoisotopic (exact) mass is 301 g/mol. The molecule has 0 fully saturated rings. The van der Waals surface area contributed by atoms with Crippen LogP contribution in [0.2, 0.25) is 0 Å². The van der Waals surface area contributed by atoms with Gasteiger partial charge in [-0.1, -0.05) is 42.0 Å². The Morgan fingerprint density at radius 2 is 1.26 bits per heavy atom. The van der Waals surface area contributed by atoms with Crippen LogP contribution < -0.4 is 10.6 Å². The van der Waals surface area contributed by atoms with Crippen molar-refractivity contribution < 1.29 is 0 Å². The second kappa shape index (κ2) is 6.79. The normalized spacial score (nSPS) is 10.1. The van der Waals surface area contributed by atoms with E-state index in [1.54, 1.807) is 0 Å². The number of anilines is 4. The van der Waals surface area contributed by atoms with Crippen molar-refractivity contribution in [2.45, 2.75) is 6.92 Å². The van der Waals surface area contributed by atoms with Crippen molar-refractivity contribution >= 4 is 35.2 Å². The lowest BCUT2D eigenvalue weighted by atomic mass is 10.2. The zero-order chi connectivity index (χ0) is 16.1. The first kappa shape index (κ1) is 14.9. The molecule has 0 spiro atoms. The molecule has 0 aromatic heterocycles. The van der Waals surface area contributed by atoms with Gasteiger partial charge in [-0.2, -0.15) is 0 Å². The number of nitrogens with zero attached hydrogens (tertiary/aromatic N) is 1. The summed E-state index contributed by atoms with van der Waals surface area (Å²) in [6.45, 7) is 5.71. The van der Waals surface area contributed by atoms with Crippen LogP contribution in [0, 0.1) is 6.92 Å². The summed E-state index contributed by atoms with van der Waals surface area (Å²) in [5, 5.41) is 6.88. The van der Waals surface area contributed by atoms with Crippen molar-refractivity contribution in [3.05, 3.63) is 78.4 Å². The van der Waals surface area contributed by atoms with Gasteiger partial charge in [-0.15, -0.1) is 0 Å². The molecule has 2 N–H and O–H groups in total. The maximum absolute atomic E-state index is 4.06. The van der Waals surface area contributed by atoms with E-state index in [1.807, 2.05) is 48.5 Å². The molecule has 3 aromatic carbocycles. The van der Waals surface area contributed by atoms with Gasteiger partial charge < -0.3 is 10.6 Å². The summed E-state index contributed by atoms with van der Waals surface area (Å²) in [4.78, 5) is 4.06. The van der Waals surface area contributed by atoms with Crippen molar-refractivity contribution in [1.29, 1.82) is 0 Å². The van der Waals surface area contributed by atoms with Crippen LogP contribution in [0.25, 0.3) is 0 Å².